The molecule has 1 aromatic heterocycles. The number of aromatic nitrogens is 2. The van der Waals surface area contributed by atoms with Crippen molar-refractivity contribution in [3.05, 3.63) is 30.3 Å². The van der Waals surface area contributed by atoms with Crippen molar-refractivity contribution in [1.82, 2.24) is 14.9 Å². The highest BCUT2D eigenvalue weighted by Crippen LogP contribution is 2.25. The highest BCUT2D eigenvalue weighted by Gasteiger charge is 2.24. The van der Waals surface area contributed by atoms with Crippen LogP contribution in [0.5, 0.6) is 5.75 Å². The summed E-state index contributed by atoms with van der Waals surface area (Å²) in [4.78, 5) is 16.4. The second-order valence-corrected chi connectivity index (χ2v) is 8.09. The lowest BCUT2D eigenvalue weighted by molar-refractivity contribution is 0.0712. The van der Waals surface area contributed by atoms with Crippen LogP contribution >= 0.6 is 0 Å². The molecule has 4 rings (SSSR count). The van der Waals surface area contributed by atoms with Crippen molar-refractivity contribution >= 4 is 23.3 Å². The van der Waals surface area contributed by atoms with Crippen molar-refractivity contribution in [2.24, 2.45) is 0 Å². The number of ether oxygens (including phenoxy) is 2. The fourth-order valence-corrected chi connectivity index (χ4v) is 3.91. The fraction of sp³-hybridized carbons (Fsp3) is 0.545. The van der Waals surface area contributed by atoms with Crippen molar-refractivity contribution in [1.29, 1.82) is 0 Å². The summed E-state index contributed by atoms with van der Waals surface area (Å²) in [6, 6.07) is 9.82. The predicted octanol–water partition coefficient (Wildman–Crippen LogP) is 2.60. The van der Waals surface area contributed by atoms with Gasteiger partial charge in [-0.05, 0) is 25.0 Å². The van der Waals surface area contributed by atoms with Gasteiger partial charge in [-0.25, -0.2) is 0 Å². The van der Waals surface area contributed by atoms with Crippen molar-refractivity contribution in [2.45, 2.75) is 18.9 Å². The maximum Gasteiger partial charge on any atom is 0.229 e. The fourth-order valence-electron chi connectivity index (χ4n) is 3.91. The van der Waals surface area contributed by atoms with E-state index in [9.17, 15) is 0 Å². The second-order valence-electron chi connectivity index (χ2n) is 8.09. The van der Waals surface area contributed by atoms with Crippen molar-refractivity contribution < 1.29 is 9.47 Å². The Morgan fingerprint density at radius 3 is 2.70 bits per heavy atom. The van der Waals surface area contributed by atoms with Crippen molar-refractivity contribution in [3.8, 4) is 5.75 Å². The van der Waals surface area contributed by atoms with Gasteiger partial charge in [0.1, 0.15) is 17.4 Å². The maximum atomic E-state index is 5.80. The molecule has 8 nitrogen and oxygen atoms in total. The van der Waals surface area contributed by atoms with Gasteiger partial charge < -0.3 is 24.6 Å². The molecule has 3 heterocycles. The largest absolute Gasteiger partial charge is 0.497 e. The number of rotatable bonds is 7. The van der Waals surface area contributed by atoms with Gasteiger partial charge in [0.25, 0.3) is 0 Å². The minimum atomic E-state index is 0.406. The molecular formula is C22H32N6O2. The minimum absolute atomic E-state index is 0.406. The number of methoxy groups -OCH3 is 1. The Balaban J connectivity index is 1.46. The van der Waals surface area contributed by atoms with Crippen molar-refractivity contribution in [3.63, 3.8) is 0 Å². The Labute approximate surface area is 178 Å². The second kappa shape index (κ2) is 9.49. The van der Waals surface area contributed by atoms with E-state index in [1.807, 2.05) is 49.3 Å². The molecule has 1 N–H and O–H groups in total. The van der Waals surface area contributed by atoms with Gasteiger partial charge in [-0.1, -0.05) is 6.07 Å². The van der Waals surface area contributed by atoms with Crippen LogP contribution in [-0.4, -0.2) is 81.5 Å². The molecule has 2 saturated heterocycles. The Morgan fingerprint density at radius 2 is 2.00 bits per heavy atom. The first kappa shape index (κ1) is 20.7. The number of hydrogen-bond donors (Lipinski definition) is 1. The molecule has 0 aliphatic carbocycles. The van der Waals surface area contributed by atoms with E-state index in [0.29, 0.717) is 6.10 Å². The molecule has 1 unspecified atom stereocenters. The zero-order valence-electron chi connectivity index (χ0n) is 18.2. The standard InChI is InChI=1S/C22H32N6O2/c1-26(2)21-15-20(23-17-6-4-7-18(14-17)29-3)24-22(25-21)28-11-9-27(10-12-28)16-19-8-5-13-30-19/h4,6-7,14-15,19H,5,8-13,16H2,1-3H3,(H,23,24,25). The molecule has 1 atom stereocenters. The summed E-state index contributed by atoms with van der Waals surface area (Å²) in [5, 5.41) is 3.40. The summed E-state index contributed by atoms with van der Waals surface area (Å²) in [5.41, 5.74) is 0.935. The third-order valence-electron chi connectivity index (χ3n) is 5.64. The molecule has 0 bridgehead atoms. The lowest BCUT2D eigenvalue weighted by atomic mass is 10.2. The van der Waals surface area contributed by atoms with Gasteiger partial charge in [0.05, 0.1) is 13.2 Å². The summed E-state index contributed by atoms with van der Waals surface area (Å²) in [7, 11) is 5.67. The molecule has 2 aromatic rings. The van der Waals surface area contributed by atoms with E-state index >= 15 is 0 Å². The van der Waals surface area contributed by atoms with E-state index in [1.165, 1.54) is 12.8 Å². The molecule has 1 aromatic carbocycles. The van der Waals surface area contributed by atoms with E-state index in [1.54, 1.807) is 7.11 Å². The number of anilines is 4. The first-order valence-corrected chi connectivity index (χ1v) is 10.7. The Bertz CT molecular complexity index is 832. The zero-order valence-corrected chi connectivity index (χ0v) is 18.2. The predicted molar refractivity (Wildman–Crippen MR) is 120 cm³/mol. The average molecular weight is 413 g/mol. The summed E-state index contributed by atoms with van der Waals surface area (Å²) in [6.45, 7) is 5.81. The van der Waals surface area contributed by atoms with Crippen LogP contribution in [0.4, 0.5) is 23.3 Å². The molecule has 2 fully saturated rings. The van der Waals surface area contributed by atoms with Gasteiger partial charge in [0.2, 0.25) is 5.95 Å². The topological polar surface area (TPSA) is 66.0 Å². The molecule has 162 valence electrons. The summed E-state index contributed by atoms with van der Waals surface area (Å²) >= 11 is 0. The van der Waals surface area contributed by atoms with Gasteiger partial charge in [0.15, 0.2) is 0 Å². The monoisotopic (exact) mass is 412 g/mol. The maximum absolute atomic E-state index is 5.80. The lowest BCUT2D eigenvalue weighted by Gasteiger charge is -2.36. The summed E-state index contributed by atoms with van der Waals surface area (Å²) < 4.78 is 11.1. The van der Waals surface area contributed by atoms with E-state index in [0.717, 1.165) is 68.4 Å². The molecule has 2 aliphatic heterocycles. The molecule has 30 heavy (non-hydrogen) atoms. The molecule has 2 aliphatic rings. The van der Waals surface area contributed by atoms with Crippen LogP contribution in [0.2, 0.25) is 0 Å². The first-order chi connectivity index (χ1) is 14.6. The molecule has 0 spiro atoms. The summed E-state index contributed by atoms with van der Waals surface area (Å²) in [6.07, 6.45) is 2.79. The number of hydrogen-bond acceptors (Lipinski definition) is 8. The van der Waals surface area contributed by atoms with Gasteiger partial charge in [-0.15, -0.1) is 0 Å². The number of nitrogens with one attached hydrogen (secondary N) is 1. The van der Waals surface area contributed by atoms with Crippen LogP contribution in [0.3, 0.4) is 0 Å². The Hall–Kier alpha value is -2.58. The molecular weight excluding hydrogens is 380 g/mol. The first-order valence-electron chi connectivity index (χ1n) is 10.7. The van der Waals surface area contributed by atoms with Crippen LogP contribution in [0.1, 0.15) is 12.8 Å². The van der Waals surface area contributed by atoms with E-state index in [-0.39, 0.29) is 0 Å². The highest BCUT2D eigenvalue weighted by molar-refractivity contribution is 5.63. The smallest absolute Gasteiger partial charge is 0.229 e. The van der Waals surface area contributed by atoms with Crippen LogP contribution < -0.4 is 19.9 Å². The Kier molecular flexibility index (Phi) is 6.54. The van der Waals surface area contributed by atoms with Crippen LogP contribution in [0.15, 0.2) is 30.3 Å². The number of benzene rings is 1. The number of piperazine rings is 1. The molecule has 0 radical (unpaired) electrons. The molecule has 0 amide bonds. The van der Waals surface area contributed by atoms with E-state index in [4.69, 9.17) is 19.4 Å². The van der Waals surface area contributed by atoms with Gasteiger partial charge in [-0.3, -0.25) is 4.90 Å². The van der Waals surface area contributed by atoms with Crippen LogP contribution in [0.25, 0.3) is 0 Å². The minimum Gasteiger partial charge on any atom is -0.497 e. The van der Waals surface area contributed by atoms with Crippen molar-refractivity contribution in [2.75, 3.05) is 75.7 Å². The third kappa shape index (κ3) is 5.12. The average Bonchev–Trinajstić information content (AvgIpc) is 3.27. The van der Waals surface area contributed by atoms with E-state index < -0.39 is 0 Å². The van der Waals surface area contributed by atoms with Gasteiger partial charge in [-0.2, -0.15) is 9.97 Å². The lowest BCUT2D eigenvalue weighted by Crippen LogP contribution is -2.49. The summed E-state index contributed by atoms with van der Waals surface area (Å²) in [5.74, 6) is 3.23. The van der Waals surface area contributed by atoms with Crippen LogP contribution in [-0.2, 0) is 4.74 Å². The SMILES string of the molecule is COc1cccc(Nc2cc(N(C)C)nc(N3CCN(CC4CCCO4)CC3)n2)c1. The van der Waals surface area contributed by atoms with Crippen LogP contribution in [0, 0.1) is 0 Å². The quantitative estimate of drug-likeness (QED) is 0.745. The third-order valence-corrected chi connectivity index (χ3v) is 5.64. The van der Waals surface area contributed by atoms with Gasteiger partial charge >= 0.3 is 0 Å². The number of nitrogens with zero attached hydrogens (tertiary/aromatic N) is 5. The highest BCUT2D eigenvalue weighted by atomic mass is 16.5. The zero-order chi connectivity index (χ0) is 20.9. The van der Waals surface area contributed by atoms with E-state index in [2.05, 4.69) is 15.1 Å². The molecule has 0 saturated carbocycles. The molecule has 8 heteroatoms. The normalized spacial score (nSPS) is 19.7. The Morgan fingerprint density at radius 1 is 1.17 bits per heavy atom. The van der Waals surface area contributed by atoms with Gasteiger partial charge in [0, 0.05) is 71.2 Å².